The highest BCUT2D eigenvalue weighted by Crippen LogP contribution is 2.00. The first kappa shape index (κ1) is 11.7. The van der Waals surface area contributed by atoms with Gasteiger partial charge in [0.2, 0.25) is 0 Å². The fourth-order valence-corrected chi connectivity index (χ4v) is 1.21. The first-order valence-electron chi connectivity index (χ1n) is 5.18. The normalized spacial score (nSPS) is 12.1. The van der Waals surface area contributed by atoms with Crippen molar-refractivity contribution in [3.05, 3.63) is 35.9 Å². The summed E-state index contributed by atoms with van der Waals surface area (Å²) in [5.41, 5.74) is 0.675. The number of benzene rings is 1. The molecule has 0 aliphatic rings. The van der Waals surface area contributed by atoms with Crippen LogP contribution in [0.1, 0.15) is 23.7 Å². The Bertz CT molecular complexity index is 298. The summed E-state index contributed by atoms with van der Waals surface area (Å²) in [6.07, 6.45) is 0.801. The lowest BCUT2D eigenvalue weighted by Gasteiger charge is -2.08. The van der Waals surface area contributed by atoms with E-state index in [1.54, 1.807) is 12.1 Å². The van der Waals surface area contributed by atoms with Gasteiger partial charge in [0.1, 0.15) is 0 Å². The number of hydrogen-bond donors (Lipinski definition) is 2. The fraction of sp³-hybridized carbons (Fsp3) is 0.417. The van der Waals surface area contributed by atoms with Crippen molar-refractivity contribution in [1.29, 1.82) is 0 Å². The molecule has 0 saturated carbocycles. The lowest BCUT2D eigenvalue weighted by molar-refractivity contribution is 0.0949. The van der Waals surface area contributed by atoms with Crippen LogP contribution in [0.4, 0.5) is 0 Å². The van der Waals surface area contributed by atoms with Crippen molar-refractivity contribution in [3.8, 4) is 0 Å². The average Bonchev–Trinajstić information content (AvgIpc) is 2.29. The first-order valence-corrected chi connectivity index (χ1v) is 5.18. The van der Waals surface area contributed by atoms with Crippen molar-refractivity contribution < 1.29 is 9.90 Å². The van der Waals surface area contributed by atoms with Gasteiger partial charge in [0, 0.05) is 18.7 Å². The molecular formula is C12H17NO2. The Morgan fingerprint density at radius 2 is 2.07 bits per heavy atom. The van der Waals surface area contributed by atoms with E-state index >= 15 is 0 Å². The molecule has 1 rings (SSSR count). The van der Waals surface area contributed by atoms with Crippen molar-refractivity contribution in [2.75, 3.05) is 13.2 Å². The maximum atomic E-state index is 11.5. The summed E-state index contributed by atoms with van der Waals surface area (Å²) in [6, 6.07) is 9.12. The molecule has 0 radical (unpaired) electrons. The smallest absolute Gasteiger partial charge is 0.251 e. The standard InChI is InChI=1S/C12H17NO2/c1-10(9-14)7-8-13-12(15)11-5-3-2-4-6-11/h2-6,10,14H,7-9H2,1H3,(H,13,15). The summed E-state index contributed by atoms with van der Waals surface area (Å²) < 4.78 is 0. The highest BCUT2D eigenvalue weighted by molar-refractivity contribution is 5.94. The van der Waals surface area contributed by atoms with Gasteiger partial charge < -0.3 is 10.4 Å². The molecule has 0 spiro atoms. The maximum absolute atomic E-state index is 11.5. The zero-order chi connectivity index (χ0) is 11.1. The van der Waals surface area contributed by atoms with Gasteiger partial charge in [0.15, 0.2) is 0 Å². The molecule has 15 heavy (non-hydrogen) atoms. The topological polar surface area (TPSA) is 49.3 Å². The number of nitrogens with one attached hydrogen (secondary N) is 1. The molecule has 2 N–H and O–H groups in total. The van der Waals surface area contributed by atoms with Crippen molar-refractivity contribution >= 4 is 5.91 Å². The number of hydrogen-bond acceptors (Lipinski definition) is 2. The van der Waals surface area contributed by atoms with Crippen LogP contribution in [0.5, 0.6) is 0 Å². The van der Waals surface area contributed by atoms with Crippen molar-refractivity contribution in [2.45, 2.75) is 13.3 Å². The van der Waals surface area contributed by atoms with E-state index in [1.165, 1.54) is 0 Å². The molecule has 0 saturated heterocycles. The van der Waals surface area contributed by atoms with Crippen LogP contribution >= 0.6 is 0 Å². The molecule has 1 aromatic carbocycles. The van der Waals surface area contributed by atoms with Crippen LogP contribution < -0.4 is 5.32 Å². The van der Waals surface area contributed by atoms with Crippen LogP contribution in [0.25, 0.3) is 0 Å². The fourth-order valence-electron chi connectivity index (χ4n) is 1.21. The van der Waals surface area contributed by atoms with Gasteiger partial charge in [0.05, 0.1) is 0 Å². The van der Waals surface area contributed by atoms with E-state index in [-0.39, 0.29) is 18.4 Å². The summed E-state index contributed by atoms with van der Waals surface area (Å²) in [4.78, 5) is 11.5. The van der Waals surface area contributed by atoms with E-state index in [2.05, 4.69) is 5.32 Å². The van der Waals surface area contributed by atoms with Crippen LogP contribution in [0.2, 0.25) is 0 Å². The van der Waals surface area contributed by atoms with Gasteiger partial charge in [-0.2, -0.15) is 0 Å². The highest BCUT2D eigenvalue weighted by atomic mass is 16.3. The second-order valence-electron chi connectivity index (χ2n) is 3.70. The Kier molecular flexibility index (Phi) is 4.84. The van der Waals surface area contributed by atoms with E-state index in [1.807, 2.05) is 25.1 Å². The van der Waals surface area contributed by atoms with Crippen molar-refractivity contribution in [1.82, 2.24) is 5.32 Å². The Morgan fingerprint density at radius 3 is 2.67 bits per heavy atom. The largest absolute Gasteiger partial charge is 0.396 e. The summed E-state index contributed by atoms with van der Waals surface area (Å²) in [5.74, 6) is 0.182. The molecular weight excluding hydrogens is 190 g/mol. The monoisotopic (exact) mass is 207 g/mol. The molecule has 0 fully saturated rings. The van der Waals surface area contributed by atoms with Crippen LogP contribution in [0, 0.1) is 5.92 Å². The second-order valence-corrected chi connectivity index (χ2v) is 3.70. The minimum Gasteiger partial charge on any atom is -0.396 e. The minimum atomic E-state index is -0.0549. The van der Waals surface area contributed by atoms with Gasteiger partial charge in [-0.05, 0) is 24.5 Å². The lowest BCUT2D eigenvalue weighted by Crippen LogP contribution is -2.25. The molecule has 82 valence electrons. The van der Waals surface area contributed by atoms with Gasteiger partial charge in [-0.25, -0.2) is 0 Å². The molecule has 0 aromatic heterocycles. The third kappa shape index (κ3) is 4.13. The van der Waals surface area contributed by atoms with E-state index in [0.29, 0.717) is 12.1 Å². The summed E-state index contributed by atoms with van der Waals surface area (Å²) in [6.45, 7) is 2.73. The molecule has 3 heteroatoms. The van der Waals surface area contributed by atoms with Gasteiger partial charge in [0.25, 0.3) is 5.91 Å². The zero-order valence-electron chi connectivity index (χ0n) is 8.94. The Labute approximate surface area is 90.1 Å². The highest BCUT2D eigenvalue weighted by Gasteiger charge is 2.04. The van der Waals surface area contributed by atoms with Crippen LogP contribution in [-0.4, -0.2) is 24.2 Å². The predicted octanol–water partition coefficient (Wildman–Crippen LogP) is 1.43. The maximum Gasteiger partial charge on any atom is 0.251 e. The molecule has 0 bridgehead atoms. The van der Waals surface area contributed by atoms with Crippen LogP contribution in [0.15, 0.2) is 30.3 Å². The lowest BCUT2D eigenvalue weighted by atomic mass is 10.1. The minimum absolute atomic E-state index is 0.0549. The van der Waals surface area contributed by atoms with E-state index in [4.69, 9.17) is 5.11 Å². The van der Waals surface area contributed by atoms with Crippen molar-refractivity contribution in [3.63, 3.8) is 0 Å². The van der Waals surface area contributed by atoms with Crippen LogP contribution in [-0.2, 0) is 0 Å². The predicted molar refractivity (Wildman–Crippen MR) is 59.6 cm³/mol. The third-order valence-electron chi connectivity index (χ3n) is 2.27. The first-order chi connectivity index (χ1) is 7.24. The van der Waals surface area contributed by atoms with E-state index in [0.717, 1.165) is 6.42 Å². The van der Waals surface area contributed by atoms with Gasteiger partial charge >= 0.3 is 0 Å². The van der Waals surface area contributed by atoms with E-state index in [9.17, 15) is 4.79 Å². The van der Waals surface area contributed by atoms with E-state index < -0.39 is 0 Å². The number of carbonyl (C=O) groups excluding carboxylic acids is 1. The molecule has 0 aliphatic carbocycles. The summed E-state index contributed by atoms with van der Waals surface area (Å²) in [5, 5.41) is 11.6. The molecule has 1 atom stereocenters. The molecule has 0 heterocycles. The number of carbonyl (C=O) groups is 1. The number of rotatable bonds is 5. The Hall–Kier alpha value is -1.35. The van der Waals surface area contributed by atoms with Crippen LogP contribution in [0.3, 0.4) is 0 Å². The molecule has 1 aromatic rings. The SMILES string of the molecule is CC(CO)CCNC(=O)c1ccccc1. The number of amides is 1. The Morgan fingerprint density at radius 1 is 1.40 bits per heavy atom. The second kappa shape index (κ2) is 6.19. The van der Waals surface area contributed by atoms with Crippen molar-refractivity contribution in [2.24, 2.45) is 5.92 Å². The molecule has 1 unspecified atom stereocenters. The van der Waals surface area contributed by atoms with Gasteiger partial charge in [-0.1, -0.05) is 25.1 Å². The van der Waals surface area contributed by atoms with Gasteiger partial charge in [-0.3, -0.25) is 4.79 Å². The molecule has 3 nitrogen and oxygen atoms in total. The number of aliphatic hydroxyl groups excluding tert-OH is 1. The summed E-state index contributed by atoms with van der Waals surface area (Å²) >= 11 is 0. The molecule has 0 aliphatic heterocycles. The average molecular weight is 207 g/mol. The Balaban J connectivity index is 2.31. The quantitative estimate of drug-likeness (QED) is 0.767. The zero-order valence-corrected chi connectivity index (χ0v) is 8.94. The third-order valence-corrected chi connectivity index (χ3v) is 2.27. The van der Waals surface area contributed by atoms with Gasteiger partial charge in [-0.15, -0.1) is 0 Å². The molecule has 1 amide bonds. The number of aliphatic hydroxyl groups is 1. The summed E-state index contributed by atoms with van der Waals surface area (Å²) in [7, 11) is 0.